The van der Waals surface area contributed by atoms with E-state index in [2.05, 4.69) is 15.7 Å². The maximum atomic E-state index is 13.0. The summed E-state index contributed by atoms with van der Waals surface area (Å²) >= 11 is 0. The van der Waals surface area contributed by atoms with E-state index in [-0.39, 0.29) is 5.69 Å². The van der Waals surface area contributed by atoms with E-state index in [9.17, 15) is 18.0 Å². The summed E-state index contributed by atoms with van der Waals surface area (Å²) in [6.45, 7) is 2.50. The van der Waals surface area contributed by atoms with E-state index in [0.717, 1.165) is 17.2 Å². The van der Waals surface area contributed by atoms with Crippen LogP contribution in [0.15, 0.2) is 60.9 Å². The molecule has 0 radical (unpaired) electrons. The van der Waals surface area contributed by atoms with Crippen LogP contribution in [0.4, 0.5) is 29.3 Å². The molecular weight excluding hydrogens is 357 g/mol. The van der Waals surface area contributed by atoms with Gasteiger partial charge in [-0.3, -0.25) is 4.68 Å². The minimum atomic E-state index is -4.55. The molecule has 0 unspecified atom stereocenters. The lowest BCUT2D eigenvalue weighted by Gasteiger charge is -2.13. The Morgan fingerprint density at radius 2 is 1.89 bits per heavy atom. The van der Waals surface area contributed by atoms with E-state index in [1.165, 1.54) is 24.4 Å². The zero-order valence-corrected chi connectivity index (χ0v) is 14.4. The number of nitrogens with one attached hydrogen (secondary N) is 2. The van der Waals surface area contributed by atoms with Crippen molar-refractivity contribution in [2.24, 2.45) is 0 Å². The quantitative estimate of drug-likeness (QED) is 0.682. The SMILES string of the molecule is Cc1cccc(Cn2cc(NC(=O)Nc3ccccc3C(F)(F)F)cn2)c1. The number of benzene rings is 2. The summed E-state index contributed by atoms with van der Waals surface area (Å²) in [5, 5.41) is 8.86. The van der Waals surface area contributed by atoms with Gasteiger partial charge in [-0.1, -0.05) is 42.0 Å². The molecular formula is C19H17F3N4O. The summed E-state index contributed by atoms with van der Waals surface area (Å²) in [5.41, 5.74) is 1.34. The molecule has 0 saturated heterocycles. The highest BCUT2D eigenvalue weighted by Gasteiger charge is 2.33. The molecule has 0 atom stereocenters. The number of rotatable bonds is 4. The number of carbonyl (C=O) groups excluding carboxylic acids is 1. The molecule has 0 saturated carbocycles. The van der Waals surface area contributed by atoms with Crippen LogP contribution in [-0.2, 0) is 12.7 Å². The molecule has 0 spiro atoms. The van der Waals surface area contributed by atoms with Gasteiger partial charge in [-0.2, -0.15) is 18.3 Å². The van der Waals surface area contributed by atoms with E-state index in [0.29, 0.717) is 12.2 Å². The zero-order chi connectivity index (χ0) is 19.4. The highest BCUT2D eigenvalue weighted by Crippen LogP contribution is 2.34. The second-order valence-corrected chi connectivity index (χ2v) is 6.04. The second kappa shape index (κ2) is 7.53. The number of amides is 2. The largest absolute Gasteiger partial charge is 0.418 e. The number of hydrogen-bond donors (Lipinski definition) is 2. The van der Waals surface area contributed by atoms with Gasteiger partial charge in [0.1, 0.15) is 0 Å². The summed E-state index contributed by atoms with van der Waals surface area (Å²) in [7, 11) is 0. The Labute approximate surface area is 153 Å². The lowest BCUT2D eigenvalue weighted by molar-refractivity contribution is -0.136. The molecule has 0 aliphatic heterocycles. The van der Waals surface area contributed by atoms with Crippen LogP contribution >= 0.6 is 0 Å². The Morgan fingerprint density at radius 1 is 1.11 bits per heavy atom. The number of hydrogen-bond acceptors (Lipinski definition) is 2. The molecule has 140 valence electrons. The maximum absolute atomic E-state index is 13.0. The van der Waals surface area contributed by atoms with Crippen molar-refractivity contribution in [3.8, 4) is 0 Å². The fraction of sp³-hybridized carbons (Fsp3) is 0.158. The first-order chi connectivity index (χ1) is 12.8. The van der Waals surface area contributed by atoms with E-state index in [4.69, 9.17) is 0 Å². The Balaban J connectivity index is 1.65. The van der Waals surface area contributed by atoms with Crippen LogP contribution in [0, 0.1) is 6.92 Å². The van der Waals surface area contributed by atoms with E-state index in [1.54, 1.807) is 10.9 Å². The van der Waals surface area contributed by atoms with Crippen molar-refractivity contribution in [2.75, 3.05) is 10.6 Å². The maximum Gasteiger partial charge on any atom is 0.418 e. The third-order valence-corrected chi connectivity index (χ3v) is 3.80. The molecule has 5 nitrogen and oxygen atoms in total. The summed E-state index contributed by atoms with van der Waals surface area (Å²) in [5.74, 6) is 0. The van der Waals surface area contributed by atoms with Gasteiger partial charge >= 0.3 is 12.2 Å². The number of carbonyl (C=O) groups is 1. The first kappa shape index (κ1) is 18.5. The average molecular weight is 374 g/mol. The van der Waals surface area contributed by atoms with Gasteiger partial charge in [0.2, 0.25) is 0 Å². The lowest BCUT2D eigenvalue weighted by Crippen LogP contribution is -2.21. The molecule has 2 N–H and O–H groups in total. The number of aromatic nitrogens is 2. The van der Waals surface area contributed by atoms with Crippen LogP contribution in [0.5, 0.6) is 0 Å². The number of anilines is 2. The zero-order valence-electron chi connectivity index (χ0n) is 14.4. The van der Waals surface area contributed by atoms with Crippen LogP contribution in [0.3, 0.4) is 0 Å². The number of nitrogens with zero attached hydrogens (tertiary/aromatic N) is 2. The van der Waals surface area contributed by atoms with Crippen LogP contribution in [0.25, 0.3) is 0 Å². The molecule has 1 heterocycles. The van der Waals surface area contributed by atoms with Crippen LogP contribution < -0.4 is 10.6 Å². The van der Waals surface area contributed by atoms with Crippen molar-refractivity contribution < 1.29 is 18.0 Å². The first-order valence-corrected chi connectivity index (χ1v) is 8.13. The van der Waals surface area contributed by atoms with E-state index in [1.807, 2.05) is 31.2 Å². The molecule has 1 aromatic heterocycles. The van der Waals surface area contributed by atoms with Gasteiger partial charge in [0, 0.05) is 6.20 Å². The molecule has 2 aromatic carbocycles. The molecule has 8 heteroatoms. The van der Waals surface area contributed by atoms with Crippen LogP contribution in [-0.4, -0.2) is 15.8 Å². The molecule has 3 aromatic rings. The molecule has 27 heavy (non-hydrogen) atoms. The molecule has 2 amide bonds. The number of urea groups is 1. The van der Waals surface area contributed by atoms with Crippen molar-refractivity contribution in [3.05, 3.63) is 77.6 Å². The molecule has 0 aliphatic rings. The Kier molecular flexibility index (Phi) is 5.16. The third-order valence-electron chi connectivity index (χ3n) is 3.80. The molecule has 3 rings (SSSR count). The van der Waals surface area contributed by atoms with Gasteiger partial charge in [0.15, 0.2) is 0 Å². The number of halogens is 3. The van der Waals surface area contributed by atoms with Gasteiger partial charge in [-0.25, -0.2) is 4.79 Å². The van der Waals surface area contributed by atoms with E-state index >= 15 is 0 Å². The number of aryl methyl sites for hydroxylation is 1. The smallest absolute Gasteiger partial charge is 0.307 e. The summed E-state index contributed by atoms with van der Waals surface area (Å²) in [6.07, 6.45) is -1.51. The Morgan fingerprint density at radius 3 is 2.63 bits per heavy atom. The third kappa shape index (κ3) is 4.87. The summed E-state index contributed by atoms with van der Waals surface area (Å²) < 4.78 is 40.6. The van der Waals surface area contributed by atoms with Crippen molar-refractivity contribution >= 4 is 17.4 Å². The van der Waals surface area contributed by atoms with Crippen LogP contribution in [0.2, 0.25) is 0 Å². The predicted molar refractivity (Wildman–Crippen MR) is 96.6 cm³/mol. The van der Waals surface area contributed by atoms with Gasteiger partial charge in [0.25, 0.3) is 0 Å². The fourth-order valence-electron chi connectivity index (χ4n) is 2.64. The number of para-hydroxylation sites is 1. The van der Waals surface area contributed by atoms with Gasteiger partial charge in [0.05, 0.1) is 29.7 Å². The van der Waals surface area contributed by atoms with Crippen molar-refractivity contribution in [1.29, 1.82) is 0 Å². The Bertz CT molecular complexity index is 950. The average Bonchev–Trinajstić information content (AvgIpc) is 3.01. The molecule has 0 bridgehead atoms. The lowest BCUT2D eigenvalue weighted by atomic mass is 10.1. The molecule has 0 aliphatic carbocycles. The van der Waals surface area contributed by atoms with Crippen LogP contribution in [0.1, 0.15) is 16.7 Å². The highest BCUT2D eigenvalue weighted by molar-refractivity contribution is 6.00. The summed E-state index contributed by atoms with van der Waals surface area (Å²) in [4.78, 5) is 12.0. The fourth-order valence-corrected chi connectivity index (χ4v) is 2.64. The Hall–Kier alpha value is -3.29. The minimum absolute atomic E-state index is 0.311. The van der Waals surface area contributed by atoms with Gasteiger partial charge in [-0.05, 0) is 24.6 Å². The number of alkyl halides is 3. The monoisotopic (exact) mass is 374 g/mol. The van der Waals surface area contributed by atoms with Crippen molar-refractivity contribution in [1.82, 2.24) is 9.78 Å². The standard InChI is InChI=1S/C19H17F3N4O/c1-13-5-4-6-14(9-13)11-26-12-15(10-23-26)24-18(27)25-17-8-3-2-7-16(17)19(20,21)22/h2-10,12H,11H2,1H3,(H2,24,25,27). The van der Waals surface area contributed by atoms with Gasteiger partial charge in [-0.15, -0.1) is 0 Å². The normalized spacial score (nSPS) is 11.3. The first-order valence-electron chi connectivity index (χ1n) is 8.13. The second-order valence-electron chi connectivity index (χ2n) is 6.04. The highest BCUT2D eigenvalue weighted by atomic mass is 19.4. The van der Waals surface area contributed by atoms with E-state index < -0.39 is 17.8 Å². The van der Waals surface area contributed by atoms with Crippen molar-refractivity contribution in [2.45, 2.75) is 19.6 Å². The topological polar surface area (TPSA) is 59.0 Å². The summed E-state index contributed by atoms with van der Waals surface area (Å²) in [6, 6.07) is 11.9. The van der Waals surface area contributed by atoms with Gasteiger partial charge < -0.3 is 10.6 Å². The van der Waals surface area contributed by atoms with Crippen molar-refractivity contribution in [3.63, 3.8) is 0 Å². The minimum Gasteiger partial charge on any atom is -0.307 e. The molecule has 0 fully saturated rings. The predicted octanol–water partition coefficient (Wildman–Crippen LogP) is 4.90.